The van der Waals surface area contributed by atoms with Crippen molar-refractivity contribution in [3.05, 3.63) is 52.5 Å². The first-order valence-corrected chi connectivity index (χ1v) is 7.79. The lowest BCUT2D eigenvalue weighted by Gasteiger charge is -2.03. The summed E-state index contributed by atoms with van der Waals surface area (Å²) >= 11 is 4.90. The third-order valence-corrected chi connectivity index (χ3v) is 4.52. The minimum absolute atomic E-state index is 0.187. The fraction of sp³-hybridized carbons (Fsp3) is 0.0667. The standard InChI is InChI=1S/C15H11BrN2O2S/c1-20-10-7-5-9(6-8-10)14(19)18-15-17-13-11(16)3-2-4-12(13)21-15/h2-8H,1H3,(H,17,18,19). The number of benzene rings is 2. The minimum Gasteiger partial charge on any atom is -0.497 e. The van der Waals surface area contributed by atoms with Crippen molar-refractivity contribution in [2.24, 2.45) is 0 Å². The number of nitrogens with zero attached hydrogens (tertiary/aromatic N) is 1. The second kappa shape index (κ2) is 5.83. The maximum Gasteiger partial charge on any atom is 0.257 e. The second-order valence-corrected chi connectivity index (χ2v) is 6.17. The first-order valence-electron chi connectivity index (χ1n) is 6.18. The molecule has 0 aliphatic heterocycles. The molecule has 0 atom stereocenters. The number of nitrogens with one attached hydrogen (secondary N) is 1. The van der Waals surface area contributed by atoms with Crippen LogP contribution < -0.4 is 10.1 Å². The van der Waals surface area contributed by atoms with Gasteiger partial charge in [0.1, 0.15) is 5.75 Å². The molecule has 2 aromatic carbocycles. The summed E-state index contributed by atoms with van der Waals surface area (Å²) in [7, 11) is 1.59. The van der Waals surface area contributed by atoms with Crippen LogP contribution in [0.3, 0.4) is 0 Å². The van der Waals surface area contributed by atoms with Gasteiger partial charge in [0, 0.05) is 10.0 Å². The quantitative estimate of drug-likeness (QED) is 0.754. The highest BCUT2D eigenvalue weighted by Crippen LogP contribution is 2.31. The molecular formula is C15H11BrN2O2S. The molecule has 0 fully saturated rings. The van der Waals surface area contributed by atoms with Crippen LogP contribution in [0.15, 0.2) is 46.9 Å². The van der Waals surface area contributed by atoms with Crippen LogP contribution in [0.25, 0.3) is 10.2 Å². The zero-order valence-corrected chi connectivity index (χ0v) is 13.5. The largest absolute Gasteiger partial charge is 0.497 e. The molecule has 1 heterocycles. The van der Waals surface area contributed by atoms with Crippen molar-refractivity contribution in [1.82, 2.24) is 4.98 Å². The highest BCUT2D eigenvalue weighted by Gasteiger charge is 2.11. The topological polar surface area (TPSA) is 51.2 Å². The molecule has 0 radical (unpaired) electrons. The Morgan fingerprint density at radius 2 is 2.00 bits per heavy atom. The number of rotatable bonds is 3. The Morgan fingerprint density at radius 1 is 1.24 bits per heavy atom. The van der Waals surface area contributed by atoms with Crippen molar-refractivity contribution in [3.8, 4) is 5.75 Å². The van der Waals surface area contributed by atoms with Crippen LogP contribution >= 0.6 is 27.3 Å². The number of carbonyl (C=O) groups excluding carboxylic acids is 1. The number of amides is 1. The van der Waals surface area contributed by atoms with E-state index >= 15 is 0 Å². The number of methoxy groups -OCH3 is 1. The van der Waals surface area contributed by atoms with Gasteiger partial charge in [0.2, 0.25) is 0 Å². The number of halogens is 1. The normalized spacial score (nSPS) is 10.6. The van der Waals surface area contributed by atoms with Crippen LogP contribution in [-0.4, -0.2) is 18.0 Å². The van der Waals surface area contributed by atoms with Gasteiger partial charge in [-0.05, 0) is 52.3 Å². The van der Waals surface area contributed by atoms with Crippen LogP contribution in [0, 0.1) is 0 Å². The van der Waals surface area contributed by atoms with E-state index in [2.05, 4.69) is 26.2 Å². The predicted octanol–water partition coefficient (Wildman–Crippen LogP) is 4.32. The number of para-hydroxylation sites is 1. The minimum atomic E-state index is -0.187. The van der Waals surface area contributed by atoms with Gasteiger partial charge in [-0.1, -0.05) is 17.4 Å². The molecule has 1 amide bonds. The number of hydrogen-bond donors (Lipinski definition) is 1. The lowest BCUT2D eigenvalue weighted by molar-refractivity contribution is 0.102. The summed E-state index contributed by atoms with van der Waals surface area (Å²) in [6.45, 7) is 0. The molecule has 0 unspecified atom stereocenters. The molecule has 1 N–H and O–H groups in total. The number of carbonyl (C=O) groups is 1. The van der Waals surface area contributed by atoms with Gasteiger partial charge in [-0.25, -0.2) is 4.98 Å². The molecule has 3 aromatic rings. The lowest BCUT2D eigenvalue weighted by Crippen LogP contribution is -2.11. The summed E-state index contributed by atoms with van der Waals surface area (Å²) in [6.07, 6.45) is 0. The van der Waals surface area contributed by atoms with Crippen LogP contribution in [0.4, 0.5) is 5.13 Å². The number of fused-ring (bicyclic) bond motifs is 1. The first-order chi connectivity index (χ1) is 10.2. The van der Waals surface area contributed by atoms with Gasteiger partial charge in [0.25, 0.3) is 5.91 Å². The molecule has 4 nitrogen and oxygen atoms in total. The maximum absolute atomic E-state index is 12.2. The molecule has 0 saturated carbocycles. The van der Waals surface area contributed by atoms with Crippen molar-refractivity contribution in [1.29, 1.82) is 0 Å². The molecule has 0 saturated heterocycles. The summed E-state index contributed by atoms with van der Waals surface area (Å²) in [5, 5.41) is 3.40. The van der Waals surface area contributed by atoms with Crippen LogP contribution in [-0.2, 0) is 0 Å². The first kappa shape index (κ1) is 14.0. The monoisotopic (exact) mass is 362 g/mol. The molecule has 0 bridgehead atoms. The van der Waals surface area contributed by atoms with Crippen LogP contribution in [0.2, 0.25) is 0 Å². The Bertz CT molecular complexity index is 799. The summed E-state index contributed by atoms with van der Waals surface area (Å²) in [6, 6.07) is 12.8. The second-order valence-electron chi connectivity index (χ2n) is 4.29. The SMILES string of the molecule is COc1ccc(C(=O)Nc2nc3c(Br)cccc3s2)cc1. The zero-order chi connectivity index (χ0) is 14.8. The molecule has 1 aromatic heterocycles. The van der Waals surface area contributed by atoms with Gasteiger partial charge in [0.15, 0.2) is 5.13 Å². The third kappa shape index (κ3) is 2.91. The van der Waals surface area contributed by atoms with Crippen molar-refractivity contribution in [2.75, 3.05) is 12.4 Å². The molecule has 21 heavy (non-hydrogen) atoms. The zero-order valence-electron chi connectivity index (χ0n) is 11.1. The van der Waals surface area contributed by atoms with E-state index in [9.17, 15) is 4.79 Å². The van der Waals surface area contributed by atoms with E-state index < -0.39 is 0 Å². The predicted molar refractivity (Wildman–Crippen MR) is 88.3 cm³/mol. The van der Waals surface area contributed by atoms with E-state index in [1.54, 1.807) is 31.4 Å². The molecule has 0 aliphatic carbocycles. The number of aromatic nitrogens is 1. The number of thiazole rings is 1. The molecule has 6 heteroatoms. The van der Waals surface area contributed by atoms with E-state index in [1.165, 1.54) is 11.3 Å². The maximum atomic E-state index is 12.2. The van der Waals surface area contributed by atoms with Gasteiger partial charge in [-0.3, -0.25) is 10.1 Å². The fourth-order valence-corrected chi connectivity index (χ4v) is 3.35. The summed E-state index contributed by atoms with van der Waals surface area (Å²) in [5.74, 6) is 0.531. The van der Waals surface area contributed by atoms with Gasteiger partial charge in [0.05, 0.1) is 17.3 Å². The van der Waals surface area contributed by atoms with E-state index in [4.69, 9.17) is 4.74 Å². The van der Waals surface area contributed by atoms with Gasteiger partial charge in [-0.15, -0.1) is 0 Å². The summed E-state index contributed by atoms with van der Waals surface area (Å²) in [5.41, 5.74) is 1.42. The summed E-state index contributed by atoms with van der Waals surface area (Å²) in [4.78, 5) is 16.6. The Labute approximate surface area is 133 Å². The molecule has 106 valence electrons. The summed E-state index contributed by atoms with van der Waals surface area (Å²) < 4.78 is 7.01. The number of hydrogen-bond acceptors (Lipinski definition) is 4. The van der Waals surface area contributed by atoms with Gasteiger partial charge in [-0.2, -0.15) is 0 Å². The third-order valence-electron chi connectivity index (χ3n) is 2.94. The average Bonchev–Trinajstić information content (AvgIpc) is 2.91. The van der Waals surface area contributed by atoms with E-state index in [0.717, 1.165) is 20.4 Å². The molecular weight excluding hydrogens is 352 g/mol. The van der Waals surface area contributed by atoms with Gasteiger partial charge >= 0.3 is 0 Å². The Kier molecular flexibility index (Phi) is 3.90. The van der Waals surface area contributed by atoms with E-state index in [-0.39, 0.29) is 5.91 Å². The fourth-order valence-electron chi connectivity index (χ4n) is 1.88. The Balaban J connectivity index is 1.83. The highest BCUT2D eigenvalue weighted by atomic mass is 79.9. The van der Waals surface area contributed by atoms with E-state index in [0.29, 0.717) is 10.7 Å². The molecule has 0 spiro atoms. The highest BCUT2D eigenvalue weighted by molar-refractivity contribution is 9.10. The van der Waals surface area contributed by atoms with Crippen molar-refractivity contribution in [3.63, 3.8) is 0 Å². The average molecular weight is 363 g/mol. The number of ether oxygens (including phenoxy) is 1. The van der Waals surface area contributed by atoms with E-state index in [1.807, 2.05) is 18.2 Å². The van der Waals surface area contributed by atoms with Gasteiger partial charge < -0.3 is 4.74 Å². The van der Waals surface area contributed by atoms with Crippen LogP contribution in [0.1, 0.15) is 10.4 Å². The molecule has 0 aliphatic rings. The Morgan fingerprint density at radius 3 is 2.67 bits per heavy atom. The van der Waals surface area contributed by atoms with Crippen molar-refractivity contribution in [2.45, 2.75) is 0 Å². The lowest BCUT2D eigenvalue weighted by atomic mass is 10.2. The van der Waals surface area contributed by atoms with Crippen LogP contribution in [0.5, 0.6) is 5.75 Å². The van der Waals surface area contributed by atoms with Crippen molar-refractivity contribution < 1.29 is 9.53 Å². The number of anilines is 1. The Hall–Kier alpha value is -1.92. The smallest absolute Gasteiger partial charge is 0.257 e. The van der Waals surface area contributed by atoms with Crippen molar-refractivity contribution >= 4 is 48.5 Å². The molecule has 3 rings (SSSR count).